The van der Waals surface area contributed by atoms with Crippen LogP contribution >= 0.6 is 0 Å². The Bertz CT molecular complexity index is 1510. The summed E-state index contributed by atoms with van der Waals surface area (Å²) in [5.74, 6) is 0.500. The van der Waals surface area contributed by atoms with Crippen molar-refractivity contribution in [2.24, 2.45) is 0 Å². The maximum absolute atomic E-state index is 13.4. The van der Waals surface area contributed by atoms with Gasteiger partial charge in [-0.25, -0.2) is 4.98 Å². The molecule has 0 saturated carbocycles. The van der Waals surface area contributed by atoms with Gasteiger partial charge in [0.15, 0.2) is 0 Å². The predicted molar refractivity (Wildman–Crippen MR) is 124 cm³/mol. The first-order valence-electron chi connectivity index (χ1n) is 10.0. The molecule has 7 heteroatoms. The molecule has 1 aromatic heterocycles. The number of rotatable bonds is 5. The number of nitrogens with zero attached hydrogens (tertiary/aromatic N) is 4. The second-order valence-corrected chi connectivity index (χ2v) is 7.24. The summed E-state index contributed by atoms with van der Waals surface area (Å²) in [6.45, 7) is 0.236. The first kappa shape index (κ1) is 21.4. The number of aliphatic hydroxyl groups is 1. The van der Waals surface area contributed by atoms with Crippen molar-refractivity contribution in [3.05, 3.63) is 105 Å². The largest absolute Gasteiger partial charge is 0.507 e. The third-order valence-corrected chi connectivity index (χ3v) is 5.19. The Morgan fingerprint density at radius 2 is 1.73 bits per heavy atom. The zero-order valence-electron chi connectivity index (χ0n) is 17.7. The van der Waals surface area contributed by atoms with E-state index in [0.29, 0.717) is 22.3 Å². The van der Waals surface area contributed by atoms with E-state index in [-0.39, 0.29) is 29.1 Å². The maximum Gasteiger partial charge on any atom is 0.277 e. The van der Waals surface area contributed by atoms with Gasteiger partial charge in [-0.1, -0.05) is 30.3 Å². The van der Waals surface area contributed by atoms with Gasteiger partial charge in [0, 0.05) is 11.6 Å². The summed E-state index contributed by atoms with van der Waals surface area (Å²) in [5.41, 5.74) is 2.08. The van der Waals surface area contributed by atoms with Crippen molar-refractivity contribution in [3.63, 3.8) is 0 Å². The Kier molecular flexibility index (Phi) is 5.88. The highest BCUT2D eigenvalue weighted by atomic mass is 16.5. The van der Waals surface area contributed by atoms with Crippen molar-refractivity contribution in [3.8, 4) is 17.9 Å². The maximum atomic E-state index is 13.4. The number of aromatic nitrogens is 2. The van der Waals surface area contributed by atoms with Crippen molar-refractivity contribution in [1.29, 1.82) is 10.5 Å². The molecule has 1 N–H and O–H groups in total. The van der Waals surface area contributed by atoms with Crippen LogP contribution in [0.15, 0.2) is 71.5 Å². The molecule has 4 rings (SSSR count). The molecular formula is C26H18N4O3. The Hall–Kier alpha value is -4.88. The van der Waals surface area contributed by atoms with E-state index in [4.69, 9.17) is 4.74 Å². The molecule has 0 spiro atoms. The lowest BCUT2D eigenvalue weighted by molar-refractivity contribution is 0.414. The van der Waals surface area contributed by atoms with Crippen LogP contribution in [0.2, 0.25) is 0 Å². The molecule has 0 amide bonds. The molecule has 0 aliphatic heterocycles. The molecule has 0 saturated heterocycles. The smallest absolute Gasteiger partial charge is 0.277 e. The van der Waals surface area contributed by atoms with Gasteiger partial charge in [0.1, 0.15) is 29.3 Å². The van der Waals surface area contributed by atoms with Crippen LogP contribution in [-0.4, -0.2) is 21.8 Å². The van der Waals surface area contributed by atoms with Crippen LogP contribution in [0.3, 0.4) is 0 Å². The fourth-order valence-corrected chi connectivity index (χ4v) is 3.48. The summed E-state index contributed by atoms with van der Waals surface area (Å²) >= 11 is 0. The quantitative estimate of drug-likeness (QED) is 0.470. The highest BCUT2D eigenvalue weighted by Gasteiger charge is 2.15. The van der Waals surface area contributed by atoms with Gasteiger partial charge in [0.25, 0.3) is 5.56 Å². The van der Waals surface area contributed by atoms with Gasteiger partial charge in [0.2, 0.25) is 0 Å². The lowest BCUT2D eigenvalue weighted by Gasteiger charge is -2.13. The van der Waals surface area contributed by atoms with E-state index in [1.807, 2.05) is 42.5 Å². The number of hydrogen-bond acceptors (Lipinski definition) is 6. The highest BCUT2D eigenvalue weighted by Crippen LogP contribution is 2.21. The molecule has 0 aliphatic carbocycles. The van der Waals surface area contributed by atoms with Gasteiger partial charge in [0.05, 0.1) is 35.8 Å². The van der Waals surface area contributed by atoms with E-state index < -0.39 is 5.56 Å². The van der Waals surface area contributed by atoms with Gasteiger partial charge in [-0.2, -0.15) is 10.5 Å². The monoisotopic (exact) mass is 434 g/mol. The molecule has 0 bridgehead atoms. The minimum Gasteiger partial charge on any atom is -0.507 e. The molecule has 0 unspecified atom stereocenters. The Labute approximate surface area is 189 Å². The number of fused-ring (bicyclic) bond motifs is 1. The first-order chi connectivity index (χ1) is 16.0. The van der Waals surface area contributed by atoms with Crippen molar-refractivity contribution < 1.29 is 9.84 Å². The van der Waals surface area contributed by atoms with Crippen LogP contribution < -0.4 is 10.3 Å². The third-order valence-electron chi connectivity index (χ3n) is 5.19. The average Bonchev–Trinajstić information content (AvgIpc) is 2.86. The van der Waals surface area contributed by atoms with Crippen LogP contribution in [0.25, 0.3) is 22.9 Å². The highest BCUT2D eigenvalue weighted by molar-refractivity contribution is 5.82. The van der Waals surface area contributed by atoms with Crippen LogP contribution in [-0.2, 0) is 6.54 Å². The van der Waals surface area contributed by atoms with Crippen molar-refractivity contribution >= 4 is 22.9 Å². The van der Waals surface area contributed by atoms with Gasteiger partial charge in [-0.05, 0) is 42.0 Å². The number of nitriles is 2. The number of benzene rings is 3. The first-order valence-corrected chi connectivity index (χ1v) is 10.0. The number of ether oxygens (including phenoxy) is 1. The fourth-order valence-electron chi connectivity index (χ4n) is 3.48. The minimum absolute atomic E-state index is 0.0142. The zero-order chi connectivity index (χ0) is 23.4. The van der Waals surface area contributed by atoms with E-state index in [1.165, 1.54) is 22.8 Å². The van der Waals surface area contributed by atoms with Gasteiger partial charge < -0.3 is 14.4 Å². The van der Waals surface area contributed by atoms with E-state index in [1.54, 1.807) is 31.4 Å². The topological polar surface area (TPSA) is 112 Å². The molecule has 0 radical (unpaired) electrons. The minimum atomic E-state index is -0.431. The summed E-state index contributed by atoms with van der Waals surface area (Å²) in [7, 11) is 1.55. The van der Waals surface area contributed by atoms with Crippen molar-refractivity contribution in [1.82, 2.24) is 9.55 Å². The van der Waals surface area contributed by atoms with E-state index in [2.05, 4.69) is 4.98 Å². The Balaban J connectivity index is 1.93. The lowest BCUT2D eigenvalue weighted by atomic mass is 10.1. The van der Waals surface area contributed by atoms with Gasteiger partial charge in [-0.3, -0.25) is 4.79 Å². The van der Waals surface area contributed by atoms with Crippen LogP contribution in [0.1, 0.15) is 27.9 Å². The van der Waals surface area contributed by atoms with Crippen LogP contribution in [0.5, 0.6) is 5.75 Å². The molecule has 0 atom stereocenters. The summed E-state index contributed by atoms with van der Waals surface area (Å²) in [6.07, 6.45) is 1.30. The average molecular weight is 434 g/mol. The zero-order valence-corrected chi connectivity index (χ0v) is 17.7. The molecule has 33 heavy (non-hydrogen) atoms. The predicted octanol–water partition coefficient (Wildman–Crippen LogP) is 4.25. The number of hydrogen-bond donors (Lipinski definition) is 1. The van der Waals surface area contributed by atoms with Crippen LogP contribution in [0.4, 0.5) is 0 Å². The van der Waals surface area contributed by atoms with Gasteiger partial charge >= 0.3 is 0 Å². The third kappa shape index (κ3) is 4.30. The lowest BCUT2D eigenvalue weighted by Crippen LogP contribution is -2.25. The molecule has 1 heterocycles. The molecule has 3 aromatic carbocycles. The summed E-state index contributed by atoms with van der Waals surface area (Å²) in [4.78, 5) is 17.8. The molecule has 0 fully saturated rings. The summed E-state index contributed by atoms with van der Waals surface area (Å²) in [5, 5.41) is 29.5. The number of aliphatic hydroxyl groups excluding tert-OH is 1. The Morgan fingerprint density at radius 3 is 2.36 bits per heavy atom. The molecule has 160 valence electrons. The molecule has 4 aromatic rings. The summed E-state index contributed by atoms with van der Waals surface area (Å²) < 4.78 is 6.62. The molecule has 7 nitrogen and oxygen atoms in total. The molecule has 0 aliphatic rings. The van der Waals surface area contributed by atoms with Crippen LogP contribution in [0, 0.1) is 22.7 Å². The fraction of sp³-hybridized carbons (Fsp3) is 0.0769. The van der Waals surface area contributed by atoms with Gasteiger partial charge in [-0.15, -0.1) is 0 Å². The number of methoxy groups -OCH3 is 1. The van der Waals surface area contributed by atoms with E-state index in [0.717, 1.165) is 5.56 Å². The molecular weight excluding hydrogens is 416 g/mol. The van der Waals surface area contributed by atoms with Crippen molar-refractivity contribution in [2.45, 2.75) is 6.54 Å². The van der Waals surface area contributed by atoms with E-state index in [9.17, 15) is 20.4 Å². The normalized spacial score (nSPS) is 11.1. The summed E-state index contributed by atoms with van der Waals surface area (Å²) in [6, 6.07) is 23.1. The second-order valence-electron chi connectivity index (χ2n) is 7.24. The second kappa shape index (κ2) is 9.09. The van der Waals surface area contributed by atoms with E-state index >= 15 is 0 Å². The van der Waals surface area contributed by atoms with Crippen molar-refractivity contribution in [2.75, 3.05) is 7.11 Å². The Morgan fingerprint density at radius 1 is 1.06 bits per heavy atom. The SMILES string of the molecule is COc1ccc(/C(O)=C/c2nc3cc(C#N)c(C#N)cc3n(Cc3ccccc3)c2=O)cc1. The standard InChI is InChI=1S/C26H18N4O3/c1-33-21-9-7-18(8-10-21)25(31)13-23-26(32)30(16-17-5-3-2-4-6-17)24-12-20(15-28)19(14-27)11-22(24)29-23/h2-13,31H,16H2,1H3/b25-13-.